The van der Waals surface area contributed by atoms with E-state index in [0.29, 0.717) is 0 Å². The molecule has 1 aliphatic carbocycles. The molecule has 2 aromatic rings. The summed E-state index contributed by atoms with van der Waals surface area (Å²) < 4.78 is 91.4. The monoisotopic (exact) mass is 529 g/mol. The van der Waals surface area contributed by atoms with Crippen molar-refractivity contribution in [2.75, 3.05) is 7.05 Å². The van der Waals surface area contributed by atoms with Crippen LogP contribution in [0.5, 0.6) is 0 Å². The van der Waals surface area contributed by atoms with E-state index in [0.717, 1.165) is 18.2 Å². The third-order valence-corrected chi connectivity index (χ3v) is 6.54. The zero-order valence-electron chi connectivity index (χ0n) is 20.5. The minimum absolute atomic E-state index is 0.0178. The van der Waals surface area contributed by atoms with Gasteiger partial charge < -0.3 is 24.3 Å². The number of fused-ring (bicyclic) bond motifs is 1. The van der Waals surface area contributed by atoms with Crippen LogP contribution in [0, 0.1) is 11.6 Å². The molecular formula is C26H28F5NO5. The van der Waals surface area contributed by atoms with Crippen molar-refractivity contribution >= 4 is 5.91 Å². The summed E-state index contributed by atoms with van der Waals surface area (Å²) in [6.07, 6.45) is -6.66. The van der Waals surface area contributed by atoms with Crippen LogP contribution in [0.3, 0.4) is 0 Å². The average Bonchev–Trinajstić information content (AvgIpc) is 3.16. The number of hydrogen-bond donors (Lipinski definition) is 1. The van der Waals surface area contributed by atoms with E-state index >= 15 is 0 Å². The molecule has 0 unspecified atom stereocenters. The first-order valence-electron chi connectivity index (χ1n) is 11.8. The fourth-order valence-electron chi connectivity index (χ4n) is 4.85. The van der Waals surface area contributed by atoms with Crippen molar-refractivity contribution in [1.29, 1.82) is 0 Å². The number of ether oxygens (including phenoxy) is 4. The van der Waals surface area contributed by atoms with Gasteiger partial charge in [-0.2, -0.15) is 13.2 Å². The van der Waals surface area contributed by atoms with Crippen LogP contribution in [0.15, 0.2) is 42.5 Å². The number of nitrogens with one attached hydrogen (secondary N) is 1. The Labute approximate surface area is 211 Å². The van der Waals surface area contributed by atoms with E-state index in [1.54, 1.807) is 13.8 Å². The molecule has 1 heterocycles. The number of likely N-dealkylation sites (N-methyl/N-ethyl adjacent to an activating group) is 1. The van der Waals surface area contributed by atoms with E-state index in [2.05, 4.69) is 5.32 Å². The van der Waals surface area contributed by atoms with E-state index in [-0.39, 0.29) is 37.2 Å². The summed E-state index contributed by atoms with van der Waals surface area (Å²) in [5, 5.41) is 2.55. The van der Waals surface area contributed by atoms with Crippen molar-refractivity contribution in [2.45, 2.75) is 75.8 Å². The minimum atomic E-state index is -4.53. The second-order valence-corrected chi connectivity index (χ2v) is 9.67. The second kappa shape index (κ2) is 10.3. The van der Waals surface area contributed by atoms with Gasteiger partial charge in [0.2, 0.25) is 0 Å². The molecule has 0 bridgehead atoms. The fourth-order valence-corrected chi connectivity index (χ4v) is 4.85. The zero-order chi connectivity index (χ0) is 27.0. The molecule has 1 N–H and O–H groups in total. The Hall–Kier alpha value is -2.60. The summed E-state index contributed by atoms with van der Waals surface area (Å²) in [5.74, 6) is -3.59. The first kappa shape index (κ1) is 27.4. The van der Waals surface area contributed by atoms with E-state index in [9.17, 15) is 26.7 Å². The van der Waals surface area contributed by atoms with Crippen LogP contribution < -0.4 is 5.32 Å². The number of rotatable bonds is 7. The number of alkyl halides is 3. The predicted molar refractivity (Wildman–Crippen MR) is 121 cm³/mol. The lowest BCUT2D eigenvalue weighted by Crippen LogP contribution is -2.59. The molecule has 11 heteroatoms. The van der Waals surface area contributed by atoms with Gasteiger partial charge in [-0.15, -0.1) is 0 Å². The Balaban J connectivity index is 1.60. The fraction of sp³-hybridized carbons (Fsp3) is 0.500. The van der Waals surface area contributed by atoms with Crippen molar-refractivity contribution in [3.05, 3.63) is 70.8 Å². The molecule has 6 nitrogen and oxygen atoms in total. The molecule has 1 amide bonds. The van der Waals surface area contributed by atoms with Crippen LogP contribution in [-0.2, 0) is 43.1 Å². The van der Waals surface area contributed by atoms with Gasteiger partial charge in [-0.3, -0.25) is 4.79 Å². The van der Waals surface area contributed by atoms with Crippen LogP contribution in [0.4, 0.5) is 22.0 Å². The average molecular weight is 530 g/mol. The summed E-state index contributed by atoms with van der Waals surface area (Å²) in [6, 6.07) is 8.37. The molecule has 2 fully saturated rings. The van der Waals surface area contributed by atoms with Crippen LogP contribution in [0.2, 0.25) is 0 Å². The SMILES string of the molecule is CNC(=O)[C@@]1(OCc2cccc(C(F)(F)F)c2)C[C@H](OCc2cccc(F)c2F)[C@@H]2OC(C)(C)O[C@@H]2C1. The van der Waals surface area contributed by atoms with E-state index in [1.165, 1.54) is 31.3 Å². The molecule has 202 valence electrons. The minimum Gasteiger partial charge on any atom is -0.370 e. The largest absolute Gasteiger partial charge is 0.416 e. The number of hydrogen-bond acceptors (Lipinski definition) is 5. The van der Waals surface area contributed by atoms with Crippen molar-refractivity contribution in [1.82, 2.24) is 5.32 Å². The summed E-state index contributed by atoms with van der Waals surface area (Å²) in [5.41, 5.74) is -2.17. The molecule has 1 saturated heterocycles. The van der Waals surface area contributed by atoms with Crippen LogP contribution in [0.1, 0.15) is 43.4 Å². The topological polar surface area (TPSA) is 66.0 Å². The van der Waals surface area contributed by atoms with E-state index in [1.807, 2.05) is 0 Å². The van der Waals surface area contributed by atoms with Crippen LogP contribution in [-0.4, -0.2) is 42.7 Å². The highest BCUT2D eigenvalue weighted by Gasteiger charge is 2.57. The molecular weight excluding hydrogens is 501 g/mol. The maximum atomic E-state index is 14.2. The molecule has 0 radical (unpaired) electrons. The standard InChI is InChI=1S/C26H28F5NO5/c1-24(2)36-20-12-25(23(33)32-3,35-13-15-6-4-8-17(10-15)26(29,30)31)11-19(22(20)37-24)34-14-16-7-5-9-18(27)21(16)28/h4-10,19-20,22H,11-14H2,1-3H3,(H,32,33)/t19-,20+,22-,25+/m0/s1. The Morgan fingerprint density at radius 3 is 2.51 bits per heavy atom. The quantitative estimate of drug-likeness (QED) is 0.518. The lowest BCUT2D eigenvalue weighted by atomic mass is 9.78. The van der Waals surface area contributed by atoms with Crippen molar-refractivity contribution in [3.63, 3.8) is 0 Å². The molecule has 4 rings (SSSR count). The Morgan fingerprint density at radius 2 is 1.81 bits per heavy atom. The van der Waals surface area contributed by atoms with E-state index < -0.39 is 59.0 Å². The lowest BCUT2D eigenvalue weighted by molar-refractivity contribution is -0.183. The van der Waals surface area contributed by atoms with Gasteiger partial charge in [0.15, 0.2) is 23.0 Å². The van der Waals surface area contributed by atoms with Gasteiger partial charge in [0.25, 0.3) is 5.91 Å². The Morgan fingerprint density at radius 1 is 1.08 bits per heavy atom. The second-order valence-electron chi connectivity index (χ2n) is 9.67. The maximum absolute atomic E-state index is 14.2. The molecule has 2 aromatic carbocycles. The number of benzene rings is 2. The van der Waals surface area contributed by atoms with Crippen molar-refractivity contribution < 1.29 is 45.7 Å². The Bertz CT molecular complexity index is 1140. The highest BCUT2D eigenvalue weighted by atomic mass is 19.4. The first-order valence-corrected chi connectivity index (χ1v) is 11.8. The number of carbonyl (C=O) groups is 1. The molecule has 0 spiro atoms. The first-order chi connectivity index (χ1) is 17.3. The van der Waals surface area contributed by atoms with Gasteiger partial charge in [0.1, 0.15) is 6.10 Å². The third kappa shape index (κ3) is 5.95. The summed E-state index contributed by atoms with van der Waals surface area (Å²) in [6.45, 7) is 2.79. The number of halogens is 5. The van der Waals surface area contributed by atoms with E-state index in [4.69, 9.17) is 18.9 Å². The van der Waals surface area contributed by atoms with Gasteiger partial charge in [-0.25, -0.2) is 8.78 Å². The van der Waals surface area contributed by atoms with Gasteiger partial charge in [0.05, 0.1) is 31.0 Å². The summed E-state index contributed by atoms with van der Waals surface area (Å²) >= 11 is 0. The lowest BCUT2D eigenvalue weighted by Gasteiger charge is -2.43. The molecule has 2 aliphatic rings. The molecule has 37 heavy (non-hydrogen) atoms. The normalized spacial score (nSPS) is 27.1. The molecule has 1 aliphatic heterocycles. The van der Waals surface area contributed by atoms with Gasteiger partial charge in [-0.05, 0) is 37.6 Å². The smallest absolute Gasteiger partial charge is 0.370 e. The summed E-state index contributed by atoms with van der Waals surface area (Å²) in [7, 11) is 1.41. The molecule has 1 saturated carbocycles. The number of amides is 1. The van der Waals surface area contributed by atoms with Crippen molar-refractivity contribution in [2.24, 2.45) is 0 Å². The van der Waals surface area contributed by atoms with Gasteiger partial charge in [0, 0.05) is 25.5 Å². The maximum Gasteiger partial charge on any atom is 0.416 e. The summed E-state index contributed by atoms with van der Waals surface area (Å²) in [4.78, 5) is 13.1. The van der Waals surface area contributed by atoms with Gasteiger partial charge in [-0.1, -0.05) is 24.3 Å². The zero-order valence-corrected chi connectivity index (χ0v) is 20.5. The number of carbonyl (C=O) groups excluding carboxylic acids is 1. The van der Waals surface area contributed by atoms with Crippen LogP contribution >= 0.6 is 0 Å². The highest BCUT2D eigenvalue weighted by Crippen LogP contribution is 2.44. The molecule has 4 atom stereocenters. The van der Waals surface area contributed by atoms with Crippen molar-refractivity contribution in [3.8, 4) is 0 Å². The van der Waals surface area contributed by atoms with Crippen LogP contribution in [0.25, 0.3) is 0 Å². The Kier molecular flexibility index (Phi) is 7.62. The third-order valence-electron chi connectivity index (χ3n) is 6.54. The molecule has 0 aromatic heterocycles. The highest BCUT2D eigenvalue weighted by molar-refractivity contribution is 5.85. The predicted octanol–water partition coefficient (Wildman–Crippen LogP) is 4.88. The van der Waals surface area contributed by atoms with Gasteiger partial charge >= 0.3 is 6.18 Å².